The minimum atomic E-state index is -4.49. The molecular weight excluding hydrogens is 389 g/mol. The molecule has 0 spiro atoms. The third kappa shape index (κ3) is 4.05. The number of nitrogens with one attached hydrogen (secondary N) is 1. The summed E-state index contributed by atoms with van der Waals surface area (Å²) >= 11 is 0. The van der Waals surface area contributed by atoms with Gasteiger partial charge >= 0.3 is 6.18 Å². The Morgan fingerprint density at radius 2 is 1.75 bits per heavy atom. The summed E-state index contributed by atoms with van der Waals surface area (Å²) in [5.41, 5.74) is 0.847. The van der Waals surface area contributed by atoms with Crippen LogP contribution in [0.2, 0.25) is 0 Å². The van der Waals surface area contributed by atoms with Crippen molar-refractivity contribution in [1.82, 2.24) is 15.3 Å². The Bertz CT molecular complexity index is 939. The number of hydrogen-bond acceptors (Lipinski definition) is 4. The van der Waals surface area contributed by atoms with Crippen molar-refractivity contribution < 1.29 is 13.2 Å². The van der Waals surface area contributed by atoms with Gasteiger partial charge in [0.15, 0.2) is 0 Å². The SMILES string of the molecule is Cl.FC(F)(F)c1ccc2c(N3CCCNCC3)ncc(-c3ccccc3)c2n1. The van der Waals surface area contributed by atoms with E-state index >= 15 is 0 Å². The van der Waals surface area contributed by atoms with Crippen LogP contribution in [0.3, 0.4) is 0 Å². The second-order valence-corrected chi connectivity index (χ2v) is 6.54. The van der Waals surface area contributed by atoms with Crippen molar-refractivity contribution >= 4 is 29.1 Å². The molecule has 4 nitrogen and oxygen atoms in total. The summed E-state index contributed by atoms with van der Waals surface area (Å²) in [6, 6.07) is 11.8. The lowest BCUT2D eigenvalue weighted by molar-refractivity contribution is -0.140. The van der Waals surface area contributed by atoms with Crippen molar-refractivity contribution in [3.8, 4) is 11.1 Å². The van der Waals surface area contributed by atoms with Crippen LogP contribution >= 0.6 is 12.4 Å². The lowest BCUT2D eigenvalue weighted by atomic mass is 10.0. The third-order valence-corrected chi connectivity index (χ3v) is 4.72. The predicted molar refractivity (Wildman–Crippen MR) is 107 cm³/mol. The fraction of sp³-hybridized carbons (Fsp3) is 0.300. The van der Waals surface area contributed by atoms with Gasteiger partial charge in [0.05, 0.1) is 5.52 Å². The zero-order valence-electron chi connectivity index (χ0n) is 15.0. The normalized spacial score (nSPS) is 15.2. The number of nitrogens with zero attached hydrogens (tertiary/aromatic N) is 3. The Labute approximate surface area is 167 Å². The summed E-state index contributed by atoms with van der Waals surface area (Å²) < 4.78 is 39.8. The van der Waals surface area contributed by atoms with Gasteiger partial charge in [0.1, 0.15) is 11.5 Å². The average Bonchev–Trinajstić information content (AvgIpc) is 2.96. The molecule has 0 atom stereocenters. The molecule has 1 aliphatic heterocycles. The average molecular weight is 409 g/mol. The summed E-state index contributed by atoms with van der Waals surface area (Å²) in [6.45, 7) is 3.30. The number of fused-ring (bicyclic) bond motifs is 1. The molecule has 3 aromatic rings. The Balaban J connectivity index is 0.00000225. The van der Waals surface area contributed by atoms with Crippen LogP contribution < -0.4 is 10.2 Å². The van der Waals surface area contributed by atoms with Gasteiger partial charge in [0.25, 0.3) is 0 Å². The topological polar surface area (TPSA) is 41.0 Å². The molecule has 1 saturated heterocycles. The van der Waals surface area contributed by atoms with Crippen molar-refractivity contribution in [2.45, 2.75) is 12.6 Å². The molecule has 8 heteroatoms. The summed E-state index contributed by atoms with van der Waals surface area (Å²) in [6.07, 6.45) is -1.89. The van der Waals surface area contributed by atoms with Crippen LogP contribution in [0.25, 0.3) is 22.0 Å². The number of anilines is 1. The molecule has 0 radical (unpaired) electrons. The molecule has 148 valence electrons. The summed E-state index contributed by atoms with van der Waals surface area (Å²) in [4.78, 5) is 10.7. The van der Waals surface area contributed by atoms with Crippen LogP contribution in [0.4, 0.5) is 19.0 Å². The van der Waals surface area contributed by atoms with E-state index in [1.165, 1.54) is 6.07 Å². The molecule has 0 saturated carbocycles. The number of halogens is 4. The van der Waals surface area contributed by atoms with E-state index < -0.39 is 11.9 Å². The van der Waals surface area contributed by atoms with E-state index in [-0.39, 0.29) is 12.4 Å². The van der Waals surface area contributed by atoms with Gasteiger partial charge in [-0.25, -0.2) is 9.97 Å². The van der Waals surface area contributed by atoms with Gasteiger partial charge in [-0.1, -0.05) is 30.3 Å². The Morgan fingerprint density at radius 3 is 2.50 bits per heavy atom. The molecule has 0 aliphatic carbocycles. The van der Waals surface area contributed by atoms with Crippen molar-refractivity contribution in [3.05, 3.63) is 54.4 Å². The van der Waals surface area contributed by atoms with E-state index in [1.807, 2.05) is 30.3 Å². The minimum absolute atomic E-state index is 0. The van der Waals surface area contributed by atoms with Crippen LogP contribution in [-0.2, 0) is 6.18 Å². The molecule has 3 heterocycles. The molecule has 1 N–H and O–H groups in total. The van der Waals surface area contributed by atoms with E-state index in [4.69, 9.17) is 0 Å². The number of hydrogen-bond donors (Lipinski definition) is 1. The van der Waals surface area contributed by atoms with Gasteiger partial charge in [-0.2, -0.15) is 13.2 Å². The van der Waals surface area contributed by atoms with Crippen LogP contribution in [-0.4, -0.2) is 36.1 Å². The molecule has 0 amide bonds. The van der Waals surface area contributed by atoms with E-state index in [0.717, 1.165) is 44.2 Å². The molecule has 4 rings (SSSR count). The number of benzene rings is 1. The Kier molecular flexibility index (Phi) is 6.05. The van der Waals surface area contributed by atoms with E-state index in [2.05, 4.69) is 20.2 Å². The number of aromatic nitrogens is 2. The van der Waals surface area contributed by atoms with Crippen LogP contribution in [0, 0.1) is 0 Å². The fourth-order valence-corrected chi connectivity index (χ4v) is 3.40. The largest absolute Gasteiger partial charge is 0.433 e. The highest BCUT2D eigenvalue weighted by atomic mass is 35.5. The van der Waals surface area contributed by atoms with Gasteiger partial charge in [-0.3, -0.25) is 0 Å². The minimum Gasteiger partial charge on any atom is -0.355 e. The van der Waals surface area contributed by atoms with Gasteiger partial charge < -0.3 is 10.2 Å². The summed E-state index contributed by atoms with van der Waals surface area (Å²) in [5, 5.41) is 3.97. The van der Waals surface area contributed by atoms with Crippen LogP contribution in [0.15, 0.2) is 48.7 Å². The summed E-state index contributed by atoms with van der Waals surface area (Å²) in [7, 11) is 0. The molecule has 1 aliphatic rings. The van der Waals surface area contributed by atoms with Crippen molar-refractivity contribution in [2.24, 2.45) is 0 Å². The number of rotatable bonds is 2. The first kappa shape index (κ1) is 20.4. The molecular formula is C20H20ClF3N4. The predicted octanol–water partition coefficient (Wildman–Crippen LogP) is 4.54. The number of alkyl halides is 3. The molecule has 1 fully saturated rings. The van der Waals surface area contributed by atoms with E-state index in [9.17, 15) is 13.2 Å². The maximum Gasteiger partial charge on any atom is 0.433 e. The lowest BCUT2D eigenvalue weighted by Gasteiger charge is -2.23. The molecule has 0 unspecified atom stereocenters. The second kappa shape index (κ2) is 8.32. The standard InChI is InChI=1S/C20H19F3N4.ClH/c21-20(22,23)17-8-7-15-18(26-17)16(14-5-2-1-3-6-14)13-25-19(15)27-11-4-9-24-10-12-27;/h1-3,5-8,13,24H,4,9-12H2;1H. The molecule has 0 bridgehead atoms. The molecule has 28 heavy (non-hydrogen) atoms. The Hall–Kier alpha value is -2.38. The van der Waals surface area contributed by atoms with Crippen LogP contribution in [0.1, 0.15) is 12.1 Å². The highest BCUT2D eigenvalue weighted by molar-refractivity contribution is 5.99. The Morgan fingerprint density at radius 1 is 0.964 bits per heavy atom. The van der Waals surface area contributed by atoms with Crippen molar-refractivity contribution in [1.29, 1.82) is 0 Å². The second-order valence-electron chi connectivity index (χ2n) is 6.54. The number of pyridine rings is 2. The highest BCUT2D eigenvalue weighted by Gasteiger charge is 2.33. The summed E-state index contributed by atoms with van der Waals surface area (Å²) in [5.74, 6) is 0.689. The monoisotopic (exact) mass is 408 g/mol. The third-order valence-electron chi connectivity index (χ3n) is 4.72. The van der Waals surface area contributed by atoms with Gasteiger partial charge in [-0.15, -0.1) is 12.4 Å². The van der Waals surface area contributed by atoms with Gasteiger partial charge in [0.2, 0.25) is 0 Å². The lowest BCUT2D eigenvalue weighted by Crippen LogP contribution is -2.28. The van der Waals surface area contributed by atoms with Crippen molar-refractivity contribution in [2.75, 3.05) is 31.1 Å². The first-order chi connectivity index (χ1) is 13.0. The maximum absolute atomic E-state index is 13.3. The zero-order chi connectivity index (χ0) is 18.9. The molecule has 1 aromatic carbocycles. The first-order valence-electron chi connectivity index (χ1n) is 8.92. The van der Waals surface area contributed by atoms with E-state index in [0.29, 0.717) is 22.3 Å². The van der Waals surface area contributed by atoms with Crippen molar-refractivity contribution in [3.63, 3.8) is 0 Å². The zero-order valence-corrected chi connectivity index (χ0v) is 15.9. The smallest absolute Gasteiger partial charge is 0.355 e. The van der Waals surface area contributed by atoms with Crippen LogP contribution in [0.5, 0.6) is 0 Å². The van der Waals surface area contributed by atoms with Gasteiger partial charge in [-0.05, 0) is 30.7 Å². The van der Waals surface area contributed by atoms with E-state index in [1.54, 1.807) is 6.20 Å². The maximum atomic E-state index is 13.3. The highest BCUT2D eigenvalue weighted by Crippen LogP contribution is 2.35. The van der Waals surface area contributed by atoms with Gasteiger partial charge in [0, 0.05) is 36.8 Å². The quantitative estimate of drug-likeness (QED) is 0.676. The molecule has 2 aromatic heterocycles. The first-order valence-corrected chi connectivity index (χ1v) is 8.92. The fourth-order valence-electron chi connectivity index (χ4n) is 3.40.